The van der Waals surface area contributed by atoms with Crippen molar-refractivity contribution >= 4 is 5.91 Å². The molecule has 0 fully saturated rings. The van der Waals surface area contributed by atoms with Crippen molar-refractivity contribution in [1.29, 1.82) is 0 Å². The molecule has 8 heteroatoms. The fourth-order valence-corrected chi connectivity index (χ4v) is 2.87. The van der Waals surface area contributed by atoms with Crippen molar-refractivity contribution in [3.8, 4) is 28.6 Å². The van der Waals surface area contributed by atoms with Crippen LogP contribution in [0, 0.1) is 0 Å². The van der Waals surface area contributed by atoms with E-state index >= 15 is 0 Å². The largest absolute Gasteiger partial charge is 0.497 e. The van der Waals surface area contributed by atoms with Gasteiger partial charge in [0, 0.05) is 17.7 Å². The second kappa shape index (κ2) is 9.60. The zero-order valence-corrected chi connectivity index (χ0v) is 17.1. The van der Waals surface area contributed by atoms with Gasteiger partial charge in [0.05, 0.1) is 21.3 Å². The molecule has 0 saturated carbocycles. The summed E-state index contributed by atoms with van der Waals surface area (Å²) in [6, 6.07) is 12.3. The molecule has 0 spiro atoms. The van der Waals surface area contributed by atoms with Gasteiger partial charge >= 0.3 is 0 Å². The minimum absolute atomic E-state index is 0.141. The smallest absolute Gasteiger partial charge is 0.254 e. The van der Waals surface area contributed by atoms with Gasteiger partial charge in [-0.1, -0.05) is 11.2 Å². The van der Waals surface area contributed by atoms with Crippen LogP contribution in [0.2, 0.25) is 0 Å². The van der Waals surface area contributed by atoms with E-state index in [0.717, 1.165) is 11.3 Å². The van der Waals surface area contributed by atoms with Gasteiger partial charge in [0.1, 0.15) is 12.3 Å². The van der Waals surface area contributed by atoms with Gasteiger partial charge in [0.2, 0.25) is 11.7 Å². The lowest BCUT2D eigenvalue weighted by Crippen LogP contribution is -2.30. The topological polar surface area (TPSA) is 86.9 Å². The van der Waals surface area contributed by atoms with Crippen molar-refractivity contribution < 1.29 is 23.5 Å². The van der Waals surface area contributed by atoms with E-state index in [2.05, 4.69) is 16.7 Å². The van der Waals surface area contributed by atoms with E-state index in [1.165, 1.54) is 7.11 Å². The fraction of sp³-hybridized carbons (Fsp3) is 0.227. The maximum absolute atomic E-state index is 13.0. The standard InChI is InChI=1S/C22H23N3O5/c1-5-12-25(22(26)16-8-11-18(28-3)19(13-16)29-4)14-20-23-21(24-30-20)15-6-9-17(27-2)10-7-15/h5-11,13H,1,12,14H2,2-4H3. The second-order valence-electron chi connectivity index (χ2n) is 6.28. The maximum atomic E-state index is 13.0. The molecule has 30 heavy (non-hydrogen) atoms. The zero-order chi connectivity index (χ0) is 21.5. The molecule has 0 radical (unpaired) electrons. The lowest BCUT2D eigenvalue weighted by atomic mass is 10.1. The predicted molar refractivity (Wildman–Crippen MR) is 111 cm³/mol. The number of hydrogen-bond donors (Lipinski definition) is 0. The predicted octanol–water partition coefficient (Wildman–Crippen LogP) is 3.59. The molecule has 0 aliphatic rings. The highest BCUT2D eigenvalue weighted by Gasteiger charge is 2.20. The molecule has 3 rings (SSSR count). The Labute approximate surface area is 174 Å². The molecule has 156 valence electrons. The van der Waals surface area contributed by atoms with Crippen LogP contribution in [0.3, 0.4) is 0 Å². The Bertz CT molecular complexity index is 1010. The molecule has 2 aromatic carbocycles. The summed E-state index contributed by atoms with van der Waals surface area (Å²) in [4.78, 5) is 19.0. The molecular formula is C22H23N3O5. The Morgan fingerprint density at radius 1 is 1.07 bits per heavy atom. The van der Waals surface area contributed by atoms with Crippen LogP contribution in [0.1, 0.15) is 16.2 Å². The highest BCUT2D eigenvalue weighted by atomic mass is 16.5. The third-order valence-corrected chi connectivity index (χ3v) is 4.41. The van der Waals surface area contributed by atoms with Crippen LogP contribution >= 0.6 is 0 Å². The normalized spacial score (nSPS) is 10.4. The second-order valence-corrected chi connectivity index (χ2v) is 6.28. The van der Waals surface area contributed by atoms with E-state index in [1.54, 1.807) is 43.4 Å². The SMILES string of the molecule is C=CCN(Cc1nc(-c2ccc(OC)cc2)no1)C(=O)c1ccc(OC)c(OC)c1. The number of carbonyl (C=O) groups excluding carboxylic acids is 1. The number of aromatic nitrogens is 2. The number of benzene rings is 2. The number of nitrogens with zero attached hydrogens (tertiary/aromatic N) is 3. The Morgan fingerprint density at radius 3 is 2.43 bits per heavy atom. The van der Waals surface area contributed by atoms with Crippen molar-refractivity contribution in [1.82, 2.24) is 15.0 Å². The Balaban J connectivity index is 1.79. The van der Waals surface area contributed by atoms with Crippen molar-refractivity contribution in [2.45, 2.75) is 6.54 Å². The molecule has 0 aliphatic carbocycles. The number of methoxy groups -OCH3 is 3. The first-order valence-electron chi connectivity index (χ1n) is 9.18. The third-order valence-electron chi connectivity index (χ3n) is 4.41. The summed E-state index contributed by atoms with van der Waals surface area (Å²) in [5.74, 6) is 2.29. The summed E-state index contributed by atoms with van der Waals surface area (Å²) < 4.78 is 21.0. The van der Waals surface area contributed by atoms with E-state index in [0.29, 0.717) is 35.3 Å². The Kier molecular flexibility index (Phi) is 6.69. The third kappa shape index (κ3) is 4.60. The van der Waals surface area contributed by atoms with Crippen LogP contribution in [0.15, 0.2) is 59.6 Å². The molecule has 0 unspecified atom stereocenters. The maximum Gasteiger partial charge on any atom is 0.254 e. The lowest BCUT2D eigenvalue weighted by molar-refractivity contribution is 0.0745. The van der Waals surface area contributed by atoms with Gasteiger partial charge in [-0.25, -0.2) is 0 Å². The molecule has 0 bridgehead atoms. The molecule has 0 N–H and O–H groups in total. The van der Waals surface area contributed by atoms with Crippen molar-refractivity contribution in [2.75, 3.05) is 27.9 Å². The highest BCUT2D eigenvalue weighted by molar-refractivity contribution is 5.95. The van der Waals surface area contributed by atoms with Crippen LogP contribution in [-0.4, -0.2) is 48.8 Å². The van der Waals surface area contributed by atoms with Crippen molar-refractivity contribution in [3.05, 3.63) is 66.6 Å². The number of carbonyl (C=O) groups is 1. The van der Waals surface area contributed by atoms with Crippen LogP contribution < -0.4 is 14.2 Å². The van der Waals surface area contributed by atoms with Gasteiger partial charge < -0.3 is 23.6 Å². The summed E-state index contributed by atoms with van der Waals surface area (Å²) in [6.07, 6.45) is 1.64. The van der Waals surface area contributed by atoms with E-state index in [-0.39, 0.29) is 12.5 Å². The van der Waals surface area contributed by atoms with Crippen LogP contribution in [0.4, 0.5) is 0 Å². The first-order chi connectivity index (χ1) is 14.6. The van der Waals surface area contributed by atoms with E-state index < -0.39 is 0 Å². The Morgan fingerprint density at radius 2 is 1.80 bits per heavy atom. The molecule has 1 amide bonds. The number of rotatable bonds is 9. The van der Waals surface area contributed by atoms with Gasteiger partial charge in [0.25, 0.3) is 5.91 Å². The quantitative estimate of drug-likeness (QED) is 0.499. The summed E-state index contributed by atoms with van der Waals surface area (Å²) in [5, 5.41) is 4.01. The molecule has 1 heterocycles. The molecule has 0 atom stereocenters. The van der Waals surface area contributed by atoms with Gasteiger partial charge in [-0.15, -0.1) is 6.58 Å². The number of amides is 1. The number of ether oxygens (including phenoxy) is 3. The molecule has 1 aromatic heterocycles. The van der Waals surface area contributed by atoms with Crippen LogP contribution in [-0.2, 0) is 6.54 Å². The summed E-state index contributed by atoms with van der Waals surface area (Å²) in [6.45, 7) is 4.19. The lowest BCUT2D eigenvalue weighted by Gasteiger charge is -2.19. The zero-order valence-electron chi connectivity index (χ0n) is 17.1. The van der Waals surface area contributed by atoms with Gasteiger partial charge in [-0.2, -0.15) is 4.98 Å². The monoisotopic (exact) mass is 409 g/mol. The van der Waals surface area contributed by atoms with E-state index in [9.17, 15) is 4.79 Å². The average Bonchev–Trinajstić information content (AvgIpc) is 3.26. The fourth-order valence-electron chi connectivity index (χ4n) is 2.87. The summed E-state index contributed by atoms with van der Waals surface area (Å²) in [7, 11) is 4.66. The van der Waals surface area contributed by atoms with E-state index in [1.807, 2.05) is 24.3 Å². The summed E-state index contributed by atoms with van der Waals surface area (Å²) in [5.41, 5.74) is 1.23. The minimum Gasteiger partial charge on any atom is -0.497 e. The van der Waals surface area contributed by atoms with E-state index in [4.69, 9.17) is 18.7 Å². The van der Waals surface area contributed by atoms with Crippen LogP contribution in [0.25, 0.3) is 11.4 Å². The van der Waals surface area contributed by atoms with Gasteiger partial charge in [-0.05, 0) is 42.5 Å². The van der Waals surface area contributed by atoms with Gasteiger partial charge in [-0.3, -0.25) is 4.79 Å². The minimum atomic E-state index is -0.222. The molecular weight excluding hydrogens is 386 g/mol. The average molecular weight is 409 g/mol. The Hall–Kier alpha value is -3.81. The van der Waals surface area contributed by atoms with Crippen LogP contribution in [0.5, 0.6) is 17.2 Å². The first-order valence-corrected chi connectivity index (χ1v) is 9.18. The first kappa shape index (κ1) is 20.9. The molecule has 0 aliphatic heterocycles. The summed E-state index contributed by atoms with van der Waals surface area (Å²) >= 11 is 0. The van der Waals surface area contributed by atoms with Gasteiger partial charge in [0.15, 0.2) is 11.5 Å². The number of hydrogen-bond acceptors (Lipinski definition) is 7. The molecule has 8 nitrogen and oxygen atoms in total. The molecule has 3 aromatic rings. The molecule has 0 saturated heterocycles. The van der Waals surface area contributed by atoms with Crippen molar-refractivity contribution in [2.24, 2.45) is 0 Å². The highest BCUT2D eigenvalue weighted by Crippen LogP contribution is 2.28. The van der Waals surface area contributed by atoms with Crippen molar-refractivity contribution in [3.63, 3.8) is 0 Å².